The van der Waals surface area contributed by atoms with E-state index in [1.54, 1.807) is 0 Å². The molecule has 0 amide bonds. The van der Waals surface area contributed by atoms with Crippen LogP contribution in [0.15, 0.2) is 12.2 Å². The van der Waals surface area contributed by atoms with Gasteiger partial charge < -0.3 is 14.9 Å². The van der Waals surface area contributed by atoms with E-state index >= 15 is 0 Å². The zero-order valence-corrected chi connectivity index (χ0v) is 7.89. The maximum Gasteiger partial charge on any atom is 0.453 e. The van der Waals surface area contributed by atoms with E-state index in [9.17, 15) is 31.1 Å². The molecule has 0 aliphatic carbocycles. The van der Waals surface area contributed by atoms with Crippen molar-refractivity contribution in [2.75, 3.05) is 6.61 Å². The summed E-state index contributed by atoms with van der Waals surface area (Å²) in [4.78, 5) is 10.1. The highest BCUT2D eigenvalue weighted by Crippen LogP contribution is 2.43. The first-order valence-corrected chi connectivity index (χ1v) is 3.74. The molecule has 0 aliphatic heterocycles. The summed E-state index contributed by atoms with van der Waals surface area (Å²) >= 11 is 0. The molecule has 0 radical (unpaired) electrons. The number of carboxylic acid groups (broad SMARTS) is 1. The van der Waals surface area contributed by atoms with Crippen LogP contribution in [0.4, 0.5) is 26.3 Å². The molecule has 0 unspecified atom stereocenters. The molecule has 0 atom stereocenters. The van der Waals surface area contributed by atoms with Crippen LogP contribution in [-0.4, -0.2) is 40.9 Å². The normalized spacial score (nSPS) is 13.6. The second-order valence-electron chi connectivity index (χ2n) is 2.84. The van der Waals surface area contributed by atoms with Gasteiger partial charge in [-0.3, -0.25) is 0 Å². The molecule has 0 aromatic heterocycles. The number of halogens is 6. The first-order valence-electron chi connectivity index (χ1n) is 3.74. The molecule has 0 saturated heterocycles. The molecule has 100 valence electrons. The summed E-state index contributed by atoms with van der Waals surface area (Å²) in [5.41, 5.74) is -1.07. The molecule has 10 heteroatoms. The predicted molar refractivity (Wildman–Crippen MR) is 39.8 cm³/mol. The van der Waals surface area contributed by atoms with Crippen molar-refractivity contribution in [1.82, 2.24) is 0 Å². The van der Waals surface area contributed by atoms with Crippen molar-refractivity contribution in [3.63, 3.8) is 0 Å². The van der Waals surface area contributed by atoms with E-state index in [1.807, 2.05) is 0 Å². The number of carboxylic acids is 1. The number of rotatable bonds is 4. The Hall–Kier alpha value is -1.29. The van der Waals surface area contributed by atoms with Crippen molar-refractivity contribution in [2.45, 2.75) is 18.1 Å². The van der Waals surface area contributed by atoms with Crippen LogP contribution in [0.2, 0.25) is 0 Å². The maximum atomic E-state index is 12.0. The van der Waals surface area contributed by atoms with Gasteiger partial charge >= 0.3 is 24.1 Å². The molecule has 0 saturated carbocycles. The Morgan fingerprint density at radius 2 is 1.47 bits per heavy atom. The van der Waals surface area contributed by atoms with E-state index in [1.165, 1.54) is 0 Å². The fourth-order valence-electron chi connectivity index (χ4n) is 0.578. The Labute approximate surface area is 90.1 Å². The number of hydrogen-bond acceptors (Lipinski definition) is 3. The Kier molecular flexibility index (Phi) is 4.18. The summed E-state index contributed by atoms with van der Waals surface area (Å²) in [6, 6.07) is 0. The number of carbonyl (C=O) groups is 1. The van der Waals surface area contributed by atoms with Gasteiger partial charge in [0, 0.05) is 0 Å². The van der Waals surface area contributed by atoms with Gasteiger partial charge in [0.25, 0.3) is 0 Å². The highest BCUT2D eigenvalue weighted by molar-refractivity contribution is 5.85. The van der Waals surface area contributed by atoms with Crippen LogP contribution < -0.4 is 0 Å². The van der Waals surface area contributed by atoms with Crippen LogP contribution >= 0.6 is 0 Å². The Balaban J connectivity index is 5.01. The van der Waals surface area contributed by atoms with Gasteiger partial charge in [-0.15, -0.1) is 0 Å². The van der Waals surface area contributed by atoms with Crippen molar-refractivity contribution in [3.8, 4) is 0 Å². The molecule has 17 heavy (non-hydrogen) atoms. The highest BCUT2D eigenvalue weighted by atomic mass is 19.4. The predicted octanol–water partition coefficient (Wildman–Crippen LogP) is 1.46. The zero-order valence-electron chi connectivity index (χ0n) is 7.89. The molecule has 0 aliphatic rings. The summed E-state index contributed by atoms with van der Waals surface area (Å²) in [5, 5.41) is 16.6. The van der Waals surface area contributed by atoms with Gasteiger partial charge in [0.2, 0.25) is 0 Å². The number of ether oxygens (including phenoxy) is 1. The maximum absolute atomic E-state index is 12.0. The molecule has 0 aromatic rings. The minimum absolute atomic E-state index is 1.07. The number of aliphatic hydroxyl groups is 1. The van der Waals surface area contributed by atoms with Gasteiger partial charge in [-0.05, 0) is 0 Å². The topological polar surface area (TPSA) is 66.8 Å². The number of alkyl halides is 6. The third-order valence-corrected chi connectivity index (χ3v) is 1.53. The van der Waals surface area contributed by atoms with Crippen molar-refractivity contribution >= 4 is 5.97 Å². The fourth-order valence-corrected chi connectivity index (χ4v) is 0.578. The monoisotopic (exact) mass is 268 g/mol. The minimum atomic E-state index is -6.16. The van der Waals surface area contributed by atoms with Crippen LogP contribution in [-0.2, 0) is 9.53 Å². The van der Waals surface area contributed by atoms with Crippen molar-refractivity contribution < 1.29 is 46.1 Å². The molecular formula is C7H6F6O4. The standard InChI is InChI=1S/C7H6F6O4/c1-3(4(14)15)2-17-5(16,6(8,9)10)7(11,12)13/h16H,1-2H2,(H,14,15). The quantitative estimate of drug-likeness (QED) is 0.460. The lowest BCUT2D eigenvalue weighted by molar-refractivity contribution is -0.455. The lowest BCUT2D eigenvalue weighted by Gasteiger charge is -2.31. The molecule has 0 heterocycles. The summed E-state index contributed by atoms with van der Waals surface area (Å²) in [6.07, 6.45) is -12.3. The molecule has 0 spiro atoms. The molecule has 0 fully saturated rings. The third-order valence-electron chi connectivity index (χ3n) is 1.53. The number of aliphatic carboxylic acids is 1. The van der Waals surface area contributed by atoms with E-state index in [2.05, 4.69) is 11.3 Å². The SMILES string of the molecule is C=C(COC(O)(C(F)(F)F)C(F)(F)F)C(=O)O. The van der Waals surface area contributed by atoms with Gasteiger partial charge in [0.1, 0.15) is 0 Å². The average Bonchev–Trinajstić information content (AvgIpc) is 2.09. The molecular weight excluding hydrogens is 262 g/mol. The molecule has 2 N–H and O–H groups in total. The molecule has 0 bridgehead atoms. The van der Waals surface area contributed by atoms with Gasteiger partial charge in [-0.2, -0.15) is 26.3 Å². The first kappa shape index (κ1) is 15.7. The summed E-state index contributed by atoms with van der Waals surface area (Å²) in [7, 11) is 0. The van der Waals surface area contributed by atoms with E-state index in [4.69, 9.17) is 10.2 Å². The average molecular weight is 268 g/mol. The minimum Gasteiger partial charge on any atom is -0.478 e. The van der Waals surface area contributed by atoms with Crippen molar-refractivity contribution in [3.05, 3.63) is 12.2 Å². The Morgan fingerprint density at radius 1 is 1.12 bits per heavy atom. The van der Waals surface area contributed by atoms with Crippen molar-refractivity contribution in [1.29, 1.82) is 0 Å². The van der Waals surface area contributed by atoms with Crippen LogP contribution in [0, 0.1) is 0 Å². The second kappa shape index (κ2) is 4.53. The van der Waals surface area contributed by atoms with Gasteiger partial charge in [-0.1, -0.05) is 6.58 Å². The summed E-state index contributed by atoms with van der Waals surface area (Å²) < 4.78 is 75.1. The third kappa shape index (κ3) is 3.33. The summed E-state index contributed by atoms with van der Waals surface area (Å²) in [5.74, 6) is -7.28. The lowest BCUT2D eigenvalue weighted by Crippen LogP contribution is -2.59. The zero-order chi connectivity index (χ0) is 14.1. The fraction of sp³-hybridized carbons (Fsp3) is 0.571. The molecule has 0 rings (SSSR count). The first-order chi connectivity index (χ1) is 7.33. The van der Waals surface area contributed by atoms with Gasteiger partial charge in [0.15, 0.2) is 0 Å². The van der Waals surface area contributed by atoms with Gasteiger partial charge in [0.05, 0.1) is 12.2 Å². The Bertz CT molecular complexity index is 303. The number of hydrogen-bond donors (Lipinski definition) is 2. The highest BCUT2D eigenvalue weighted by Gasteiger charge is 2.72. The van der Waals surface area contributed by atoms with E-state index in [-0.39, 0.29) is 0 Å². The van der Waals surface area contributed by atoms with Crippen LogP contribution in [0.3, 0.4) is 0 Å². The van der Waals surface area contributed by atoms with E-state index in [0.29, 0.717) is 0 Å². The smallest absolute Gasteiger partial charge is 0.453 e. The summed E-state index contributed by atoms with van der Waals surface area (Å²) in [6.45, 7) is 1.02. The lowest BCUT2D eigenvalue weighted by atomic mass is 10.2. The van der Waals surface area contributed by atoms with E-state index in [0.717, 1.165) is 0 Å². The molecule has 0 aromatic carbocycles. The van der Waals surface area contributed by atoms with Gasteiger partial charge in [-0.25, -0.2) is 4.79 Å². The molecule has 4 nitrogen and oxygen atoms in total. The van der Waals surface area contributed by atoms with E-state index < -0.39 is 36.3 Å². The van der Waals surface area contributed by atoms with Crippen molar-refractivity contribution in [2.24, 2.45) is 0 Å². The van der Waals surface area contributed by atoms with Crippen LogP contribution in [0.1, 0.15) is 0 Å². The second-order valence-corrected chi connectivity index (χ2v) is 2.84. The Morgan fingerprint density at radius 3 is 1.71 bits per heavy atom. The van der Waals surface area contributed by atoms with Crippen LogP contribution in [0.25, 0.3) is 0 Å². The largest absolute Gasteiger partial charge is 0.478 e. The van der Waals surface area contributed by atoms with Crippen LogP contribution in [0.5, 0.6) is 0 Å².